The van der Waals surface area contributed by atoms with Gasteiger partial charge in [0.1, 0.15) is 5.82 Å². The molecule has 162 valence electrons. The van der Waals surface area contributed by atoms with Crippen molar-refractivity contribution in [3.8, 4) is 0 Å². The van der Waals surface area contributed by atoms with Crippen LogP contribution in [0.15, 0.2) is 24.3 Å². The maximum atomic E-state index is 12.9. The van der Waals surface area contributed by atoms with Gasteiger partial charge in [0.2, 0.25) is 5.91 Å². The minimum Gasteiger partial charge on any atom is -0.355 e. The Balaban J connectivity index is 1.38. The Morgan fingerprint density at radius 1 is 0.897 bits per heavy atom. The highest BCUT2D eigenvalue weighted by Crippen LogP contribution is 2.17. The average Bonchev–Trinajstić information content (AvgIpc) is 3.00. The van der Waals surface area contributed by atoms with Gasteiger partial charge in [-0.2, -0.15) is 17.0 Å². The molecule has 1 N–H and O–H groups in total. The Morgan fingerprint density at radius 3 is 2.10 bits per heavy atom. The fraction of sp³-hybridized carbons (Fsp3) is 0.650. The molecule has 0 spiro atoms. The highest BCUT2D eigenvalue weighted by atomic mass is 32.2. The minimum atomic E-state index is -3.40. The van der Waals surface area contributed by atoms with Gasteiger partial charge in [-0.1, -0.05) is 25.0 Å². The topological polar surface area (TPSA) is 73.0 Å². The Hall–Kier alpha value is -1.55. The first-order valence-electron chi connectivity index (χ1n) is 10.4. The largest absolute Gasteiger partial charge is 0.355 e. The van der Waals surface area contributed by atoms with Gasteiger partial charge in [0.25, 0.3) is 10.2 Å². The summed E-state index contributed by atoms with van der Waals surface area (Å²) in [4.78, 5) is 14.2. The number of amides is 1. The molecule has 0 unspecified atom stereocenters. The van der Waals surface area contributed by atoms with E-state index in [-0.39, 0.29) is 18.3 Å². The predicted octanol–water partition coefficient (Wildman–Crippen LogP) is 1.22. The van der Waals surface area contributed by atoms with E-state index in [1.54, 1.807) is 20.7 Å². The fourth-order valence-electron chi connectivity index (χ4n) is 3.81. The van der Waals surface area contributed by atoms with E-state index in [2.05, 4.69) is 5.32 Å². The molecular weight excluding hydrogens is 395 g/mol. The lowest BCUT2D eigenvalue weighted by Crippen LogP contribution is -2.54. The van der Waals surface area contributed by atoms with E-state index < -0.39 is 10.2 Å². The van der Waals surface area contributed by atoms with Crippen molar-refractivity contribution in [2.75, 3.05) is 52.4 Å². The molecule has 0 aromatic heterocycles. The van der Waals surface area contributed by atoms with Crippen LogP contribution in [0.4, 0.5) is 4.39 Å². The molecule has 2 aliphatic rings. The molecule has 2 aliphatic heterocycles. The molecule has 0 radical (unpaired) electrons. The van der Waals surface area contributed by atoms with E-state index in [9.17, 15) is 17.6 Å². The van der Waals surface area contributed by atoms with Crippen molar-refractivity contribution in [3.63, 3.8) is 0 Å². The summed E-state index contributed by atoms with van der Waals surface area (Å²) in [6, 6.07) is 6.25. The lowest BCUT2D eigenvalue weighted by atomic mass is 10.1. The van der Waals surface area contributed by atoms with Crippen LogP contribution in [0, 0.1) is 5.82 Å². The van der Waals surface area contributed by atoms with Gasteiger partial charge in [-0.3, -0.25) is 9.69 Å². The van der Waals surface area contributed by atoms with Crippen LogP contribution < -0.4 is 5.32 Å². The van der Waals surface area contributed by atoms with Gasteiger partial charge < -0.3 is 5.32 Å². The number of hydrogen-bond donors (Lipinski definition) is 1. The van der Waals surface area contributed by atoms with E-state index >= 15 is 0 Å². The van der Waals surface area contributed by atoms with E-state index in [0.717, 1.165) is 31.2 Å². The van der Waals surface area contributed by atoms with Crippen LogP contribution in [0.3, 0.4) is 0 Å². The highest BCUT2D eigenvalue weighted by molar-refractivity contribution is 7.86. The number of halogens is 1. The first-order chi connectivity index (χ1) is 13.9. The molecule has 2 heterocycles. The standard InChI is InChI=1S/C20H31FN4O3S/c21-19-7-5-18(6-8-19)9-10-22-20(26)17-23-13-15-25(16-14-23)29(27,28)24-11-3-1-2-4-12-24/h5-8H,1-4,9-17H2,(H,22,26). The minimum absolute atomic E-state index is 0.0732. The number of nitrogens with zero attached hydrogens (tertiary/aromatic N) is 3. The normalized spacial score (nSPS) is 20.3. The van der Waals surface area contributed by atoms with Gasteiger partial charge in [0, 0.05) is 45.8 Å². The van der Waals surface area contributed by atoms with Gasteiger partial charge in [-0.25, -0.2) is 4.39 Å². The summed E-state index contributed by atoms with van der Waals surface area (Å²) in [6.45, 7) is 3.92. The van der Waals surface area contributed by atoms with E-state index in [1.807, 2.05) is 4.90 Å². The highest BCUT2D eigenvalue weighted by Gasteiger charge is 2.32. The second-order valence-corrected chi connectivity index (χ2v) is 9.65. The molecule has 1 aromatic rings. The summed E-state index contributed by atoms with van der Waals surface area (Å²) >= 11 is 0. The molecule has 1 aromatic carbocycles. The van der Waals surface area contributed by atoms with Gasteiger partial charge in [-0.15, -0.1) is 0 Å². The third-order valence-corrected chi connectivity index (χ3v) is 7.60. The molecule has 2 fully saturated rings. The van der Waals surface area contributed by atoms with Gasteiger partial charge >= 0.3 is 0 Å². The Labute approximate surface area is 173 Å². The van der Waals surface area contributed by atoms with Gasteiger partial charge in [0.05, 0.1) is 6.54 Å². The van der Waals surface area contributed by atoms with Crippen molar-refractivity contribution in [1.29, 1.82) is 0 Å². The second kappa shape index (κ2) is 10.5. The summed E-state index contributed by atoms with van der Waals surface area (Å²) < 4.78 is 41.8. The summed E-state index contributed by atoms with van der Waals surface area (Å²) in [5, 5.41) is 2.88. The van der Waals surface area contributed by atoms with Crippen LogP contribution in [-0.4, -0.2) is 80.2 Å². The van der Waals surface area contributed by atoms with Crippen molar-refractivity contribution in [2.45, 2.75) is 32.1 Å². The van der Waals surface area contributed by atoms with Crippen LogP contribution in [0.25, 0.3) is 0 Å². The Kier molecular flexibility index (Phi) is 7.99. The van der Waals surface area contributed by atoms with E-state index in [1.165, 1.54) is 12.1 Å². The molecule has 29 heavy (non-hydrogen) atoms. The number of nitrogens with one attached hydrogen (secondary N) is 1. The van der Waals surface area contributed by atoms with E-state index in [0.29, 0.717) is 52.2 Å². The molecule has 9 heteroatoms. The average molecular weight is 427 g/mol. The van der Waals surface area contributed by atoms with Crippen LogP contribution in [0.1, 0.15) is 31.2 Å². The van der Waals surface area contributed by atoms with E-state index in [4.69, 9.17) is 0 Å². The summed E-state index contributed by atoms with van der Waals surface area (Å²) in [5.41, 5.74) is 0.971. The monoisotopic (exact) mass is 426 g/mol. The second-order valence-electron chi connectivity index (χ2n) is 7.72. The number of piperazine rings is 1. The maximum Gasteiger partial charge on any atom is 0.282 e. The van der Waals surface area contributed by atoms with Crippen LogP contribution in [0.2, 0.25) is 0 Å². The van der Waals surface area contributed by atoms with Crippen molar-refractivity contribution < 1.29 is 17.6 Å². The lowest BCUT2D eigenvalue weighted by Gasteiger charge is -2.36. The number of hydrogen-bond acceptors (Lipinski definition) is 4. The van der Waals surface area contributed by atoms with Crippen LogP contribution in [0.5, 0.6) is 0 Å². The quantitative estimate of drug-likeness (QED) is 0.712. The first-order valence-corrected chi connectivity index (χ1v) is 11.8. The fourth-order valence-corrected chi connectivity index (χ4v) is 5.48. The summed E-state index contributed by atoms with van der Waals surface area (Å²) in [5.74, 6) is -0.342. The number of carbonyl (C=O) groups is 1. The lowest BCUT2D eigenvalue weighted by molar-refractivity contribution is -0.122. The molecule has 7 nitrogen and oxygen atoms in total. The van der Waals surface area contributed by atoms with Crippen LogP contribution >= 0.6 is 0 Å². The zero-order chi connectivity index (χ0) is 20.7. The third-order valence-electron chi connectivity index (χ3n) is 5.57. The molecule has 0 atom stereocenters. The smallest absolute Gasteiger partial charge is 0.282 e. The summed E-state index contributed by atoms with van der Waals surface area (Å²) in [6.07, 6.45) is 4.69. The molecule has 0 aliphatic carbocycles. The predicted molar refractivity (Wildman–Crippen MR) is 110 cm³/mol. The van der Waals surface area contributed by atoms with Gasteiger partial charge in [-0.05, 0) is 37.0 Å². The number of benzene rings is 1. The molecule has 2 saturated heterocycles. The summed E-state index contributed by atoms with van der Waals surface area (Å²) in [7, 11) is -3.40. The molecular formula is C20H31FN4O3S. The van der Waals surface area contributed by atoms with Crippen LogP contribution in [-0.2, 0) is 21.4 Å². The molecule has 3 rings (SSSR count). The van der Waals surface area contributed by atoms with Crippen molar-refractivity contribution in [2.24, 2.45) is 0 Å². The molecule has 0 bridgehead atoms. The van der Waals surface area contributed by atoms with Crippen molar-refractivity contribution in [3.05, 3.63) is 35.6 Å². The van der Waals surface area contributed by atoms with Crippen molar-refractivity contribution >= 4 is 16.1 Å². The zero-order valence-electron chi connectivity index (χ0n) is 16.9. The maximum absolute atomic E-state index is 12.9. The molecule has 0 saturated carbocycles. The number of rotatable bonds is 7. The third kappa shape index (κ3) is 6.47. The first kappa shape index (κ1) is 22.1. The SMILES string of the molecule is O=C(CN1CCN(S(=O)(=O)N2CCCCCC2)CC1)NCCc1ccc(F)cc1. The Bertz CT molecular complexity index is 756. The molecule has 1 amide bonds. The zero-order valence-corrected chi connectivity index (χ0v) is 17.7. The van der Waals surface area contributed by atoms with Crippen molar-refractivity contribution in [1.82, 2.24) is 18.8 Å². The number of carbonyl (C=O) groups excluding carboxylic acids is 1. The Morgan fingerprint density at radius 2 is 1.48 bits per heavy atom. The van der Waals surface area contributed by atoms with Gasteiger partial charge in [0.15, 0.2) is 0 Å².